The van der Waals surface area contributed by atoms with Crippen molar-refractivity contribution in [3.8, 4) is 5.75 Å². The highest BCUT2D eigenvalue weighted by molar-refractivity contribution is 5.98. The summed E-state index contributed by atoms with van der Waals surface area (Å²) in [7, 11) is 3.63. The normalized spacial score (nSPS) is 20.0. The number of carbonyl (C=O) groups is 1. The summed E-state index contributed by atoms with van der Waals surface area (Å²) in [4.78, 5) is 14.8. The first-order chi connectivity index (χ1) is 10.6. The van der Waals surface area contributed by atoms with Gasteiger partial charge in [-0.25, -0.2) is 0 Å². The third-order valence-corrected chi connectivity index (χ3v) is 4.53. The van der Waals surface area contributed by atoms with Crippen molar-refractivity contribution in [2.45, 2.75) is 18.4 Å². The maximum absolute atomic E-state index is 12.7. The number of hydrogen-bond acceptors (Lipinski definition) is 5. The Morgan fingerprint density at radius 1 is 1.41 bits per heavy atom. The summed E-state index contributed by atoms with van der Waals surface area (Å²) < 4.78 is 11.2. The fraction of sp³-hybridized carbons (Fsp3) is 0.562. The first kappa shape index (κ1) is 15.1. The number of fused-ring (bicyclic) bond motifs is 1. The van der Waals surface area contributed by atoms with Gasteiger partial charge in [0.1, 0.15) is 18.0 Å². The van der Waals surface area contributed by atoms with Crippen LogP contribution in [0.4, 0.5) is 11.4 Å². The molecule has 2 heterocycles. The highest BCUT2D eigenvalue weighted by Crippen LogP contribution is 2.34. The molecule has 6 heteroatoms. The number of benzene rings is 1. The largest absolute Gasteiger partial charge is 0.490 e. The number of rotatable bonds is 3. The third-order valence-electron chi connectivity index (χ3n) is 4.53. The minimum atomic E-state index is -0.733. The fourth-order valence-electron chi connectivity index (χ4n) is 3.03. The lowest BCUT2D eigenvalue weighted by Crippen LogP contribution is -2.51. The van der Waals surface area contributed by atoms with Crippen molar-refractivity contribution in [2.75, 3.05) is 50.6 Å². The molecule has 0 atom stereocenters. The van der Waals surface area contributed by atoms with Gasteiger partial charge in [-0.2, -0.15) is 0 Å². The second-order valence-corrected chi connectivity index (χ2v) is 5.86. The van der Waals surface area contributed by atoms with Crippen LogP contribution in [0.3, 0.4) is 0 Å². The Bertz CT molecular complexity index is 556. The van der Waals surface area contributed by atoms with Gasteiger partial charge in [0.25, 0.3) is 5.91 Å². The zero-order valence-corrected chi connectivity index (χ0v) is 13.1. The number of anilines is 2. The number of nitrogens with one attached hydrogen (secondary N) is 2. The first-order valence-electron chi connectivity index (χ1n) is 7.70. The van der Waals surface area contributed by atoms with Gasteiger partial charge in [-0.05, 0) is 44.1 Å². The van der Waals surface area contributed by atoms with Crippen molar-refractivity contribution >= 4 is 17.3 Å². The minimum Gasteiger partial charge on any atom is -0.490 e. The number of amides is 1. The molecule has 0 unspecified atom stereocenters. The van der Waals surface area contributed by atoms with Crippen molar-refractivity contribution in [1.29, 1.82) is 0 Å². The molecule has 0 spiro atoms. The van der Waals surface area contributed by atoms with Crippen LogP contribution in [-0.4, -0.2) is 51.9 Å². The summed E-state index contributed by atoms with van der Waals surface area (Å²) >= 11 is 0. The highest BCUT2D eigenvalue weighted by Gasteiger charge is 2.39. The Hall–Kier alpha value is -1.79. The maximum Gasteiger partial charge on any atom is 0.256 e. The zero-order chi connectivity index (χ0) is 15.6. The number of hydrogen-bond donors (Lipinski definition) is 2. The standard InChI is InChI=1S/C16H23N3O3/c1-19-9-10-22-14-4-3-12(11-13(14)19)18-15(20)16(21-2)5-7-17-8-6-16/h3-4,11,17H,5-10H2,1-2H3,(H,18,20). The van der Waals surface area contributed by atoms with E-state index in [1.807, 2.05) is 25.2 Å². The highest BCUT2D eigenvalue weighted by atomic mass is 16.5. The molecule has 2 aliphatic rings. The van der Waals surface area contributed by atoms with Crippen molar-refractivity contribution in [1.82, 2.24) is 5.32 Å². The molecule has 1 amide bonds. The molecule has 1 saturated heterocycles. The van der Waals surface area contributed by atoms with Crippen LogP contribution in [0.1, 0.15) is 12.8 Å². The summed E-state index contributed by atoms with van der Waals surface area (Å²) in [6.07, 6.45) is 1.37. The Morgan fingerprint density at radius 2 is 2.18 bits per heavy atom. The Balaban J connectivity index is 1.77. The molecule has 2 N–H and O–H groups in total. The van der Waals surface area contributed by atoms with Crippen LogP contribution in [0.5, 0.6) is 5.75 Å². The Morgan fingerprint density at radius 3 is 2.91 bits per heavy atom. The topological polar surface area (TPSA) is 62.8 Å². The monoisotopic (exact) mass is 305 g/mol. The van der Waals surface area contributed by atoms with Crippen LogP contribution in [-0.2, 0) is 9.53 Å². The van der Waals surface area contributed by atoms with Crippen molar-refractivity contribution < 1.29 is 14.3 Å². The van der Waals surface area contributed by atoms with E-state index in [9.17, 15) is 4.79 Å². The predicted molar refractivity (Wildman–Crippen MR) is 85.7 cm³/mol. The van der Waals surface area contributed by atoms with E-state index >= 15 is 0 Å². The molecular weight excluding hydrogens is 282 g/mol. The molecule has 3 rings (SSSR count). The zero-order valence-electron chi connectivity index (χ0n) is 13.1. The van der Waals surface area contributed by atoms with E-state index in [4.69, 9.17) is 9.47 Å². The van der Waals surface area contributed by atoms with Crippen LogP contribution in [0.15, 0.2) is 18.2 Å². The third kappa shape index (κ3) is 2.76. The van der Waals surface area contributed by atoms with E-state index in [1.54, 1.807) is 7.11 Å². The summed E-state index contributed by atoms with van der Waals surface area (Å²) in [6, 6.07) is 5.74. The lowest BCUT2D eigenvalue weighted by Gasteiger charge is -2.35. The summed E-state index contributed by atoms with van der Waals surface area (Å²) in [5, 5.41) is 6.26. The molecular formula is C16H23N3O3. The molecule has 1 aromatic rings. The van der Waals surface area contributed by atoms with Crippen LogP contribution < -0.4 is 20.3 Å². The van der Waals surface area contributed by atoms with Crippen molar-refractivity contribution in [2.24, 2.45) is 0 Å². The molecule has 0 radical (unpaired) electrons. The van der Waals surface area contributed by atoms with Gasteiger partial charge < -0.3 is 25.0 Å². The predicted octanol–water partition coefficient (Wildman–Crippen LogP) is 1.22. The molecule has 1 fully saturated rings. The number of methoxy groups -OCH3 is 1. The average molecular weight is 305 g/mol. The van der Waals surface area contributed by atoms with Gasteiger partial charge in [0.2, 0.25) is 0 Å². The second-order valence-electron chi connectivity index (χ2n) is 5.86. The molecule has 6 nitrogen and oxygen atoms in total. The molecule has 0 aromatic heterocycles. The van der Waals surface area contributed by atoms with Gasteiger partial charge in [0.05, 0.1) is 12.2 Å². The van der Waals surface area contributed by atoms with Crippen LogP contribution in [0.2, 0.25) is 0 Å². The number of ether oxygens (including phenoxy) is 2. The minimum absolute atomic E-state index is 0.0733. The maximum atomic E-state index is 12.7. The van der Waals surface area contributed by atoms with Crippen molar-refractivity contribution in [3.05, 3.63) is 18.2 Å². The first-order valence-corrected chi connectivity index (χ1v) is 7.70. The van der Waals surface area contributed by atoms with Gasteiger partial charge in [0.15, 0.2) is 0 Å². The van der Waals surface area contributed by atoms with Gasteiger partial charge in [-0.15, -0.1) is 0 Å². The Kier molecular flexibility index (Phi) is 4.22. The summed E-state index contributed by atoms with van der Waals surface area (Å²) in [5.74, 6) is 0.783. The van der Waals surface area contributed by atoms with Crippen molar-refractivity contribution in [3.63, 3.8) is 0 Å². The fourth-order valence-corrected chi connectivity index (χ4v) is 3.03. The van der Waals surface area contributed by atoms with Crippen LogP contribution in [0.25, 0.3) is 0 Å². The molecule has 120 valence electrons. The molecule has 0 bridgehead atoms. The van der Waals surface area contributed by atoms with E-state index in [0.717, 1.165) is 36.8 Å². The van der Waals surface area contributed by atoms with E-state index in [2.05, 4.69) is 15.5 Å². The number of nitrogens with zero attached hydrogens (tertiary/aromatic N) is 1. The molecule has 1 aromatic carbocycles. The average Bonchev–Trinajstić information content (AvgIpc) is 2.56. The lowest BCUT2D eigenvalue weighted by molar-refractivity contribution is -0.140. The van der Waals surface area contributed by atoms with E-state index in [0.29, 0.717) is 19.4 Å². The quantitative estimate of drug-likeness (QED) is 0.879. The molecule has 22 heavy (non-hydrogen) atoms. The molecule has 0 saturated carbocycles. The van der Waals surface area contributed by atoms with Gasteiger partial charge >= 0.3 is 0 Å². The van der Waals surface area contributed by atoms with Gasteiger partial charge in [0, 0.05) is 19.8 Å². The summed E-state index contributed by atoms with van der Waals surface area (Å²) in [5.41, 5.74) is 1.04. The number of piperidine rings is 1. The van der Waals surface area contributed by atoms with Gasteiger partial charge in [-0.3, -0.25) is 4.79 Å². The number of carbonyl (C=O) groups excluding carboxylic acids is 1. The summed E-state index contributed by atoms with van der Waals surface area (Å²) in [6.45, 7) is 3.12. The van der Waals surface area contributed by atoms with E-state index < -0.39 is 5.60 Å². The SMILES string of the molecule is COC1(C(=O)Nc2ccc3c(c2)N(C)CCO3)CCNCC1. The molecule has 2 aliphatic heterocycles. The lowest BCUT2D eigenvalue weighted by atomic mass is 9.91. The second kappa shape index (κ2) is 6.14. The smallest absolute Gasteiger partial charge is 0.256 e. The van der Waals surface area contributed by atoms with Gasteiger partial charge in [-0.1, -0.05) is 0 Å². The van der Waals surface area contributed by atoms with Crippen LogP contribution >= 0.6 is 0 Å². The van der Waals surface area contributed by atoms with Crippen LogP contribution in [0, 0.1) is 0 Å². The van der Waals surface area contributed by atoms with E-state index in [-0.39, 0.29) is 5.91 Å². The number of likely N-dealkylation sites (N-methyl/N-ethyl adjacent to an activating group) is 1. The molecule has 0 aliphatic carbocycles. The van der Waals surface area contributed by atoms with E-state index in [1.165, 1.54) is 0 Å². The Labute approximate surface area is 130 Å².